The fourth-order valence-electron chi connectivity index (χ4n) is 1.91. The van der Waals surface area contributed by atoms with Gasteiger partial charge in [-0.15, -0.1) is 0 Å². The van der Waals surface area contributed by atoms with E-state index < -0.39 is 11.4 Å². The maximum absolute atomic E-state index is 11.5. The van der Waals surface area contributed by atoms with Crippen molar-refractivity contribution in [1.29, 1.82) is 5.26 Å². The summed E-state index contributed by atoms with van der Waals surface area (Å²) in [4.78, 5) is 15.7. The van der Waals surface area contributed by atoms with Crippen molar-refractivity contribution >= 4 is 22.9 Å². The first-order chi connectivity index (χ1) is 8.39. The molecule has 0 saturated heterocycles. The predicted molar refractivity (Wildman–Crippen MR) is 67.4 cm³/mol. The Bertz CT molecular complexity index is 678. The van der Waals surface area contributed by atoms with Gasteiger partial charge in [0, 0.05) is 0 Å². The molecule has 1 aromatic heterocycles. The average Bonchev–Trinajstić information content (AvgIpc) is 2.64. The topological polar surface area (TPSA) is 111 Å². The Balaban J connectivity index is 2.86. The highest BCUT2D eigenvalue weighted by atomic mass is 16.1. The molecule has 0 aliphatic rings. The minimum Gasteiger partial charge on any atom is -0.369 e. The Labute approximate surface area is 104 Å². The first-order valence-corrected chi connectivity index (χ1v) is 5.37. The van der Waals surface area contributed by atoms with E-state index in [-0.39, 0.29) is 5.95 Å². The standard InChI is InChI=1S/C12H13N5O/c1-12(2,10(14)18)17-8-5-3-4-7(6-13)9(8)16-11(17)15/h3-5H,1-2H3,(H2,14,18)(H2,15,16). The fourth-order valence-corrected chi connectivity index (χ4v) is 1.91. The molecule has 2 aromatic rings. The molecule has 0 unspecified atom stereocenters. The largest absolute Gasteiger partial charge is 0.369 e. The van der Waals surface area contributed by atoms with Gasteiger partial charge in [0.05, 0.1) is 11.1 Å². The molecule has 0 saturated carbocycles. The van der Waals surface area contributed by atoms with Crippen molar-refractivity contribution in [3.8, 4) is 6.07 Å². The van der Waals surface area contributed by atoms with Crippen LogP contribution in [0.4, 0.5) is 5.95 Å². The first kappa shape index (κ1) is 11.9. The summed E-state index contributed by atoms with van der Waals surface area (Å²) in [6.45, 7) is 3.32. The molecular formula is C12H13N5O. The number of benzene rings is 1. The summed E-state index contributed by atoms with van der Waals surface area (Å²) in [5, 5.41) is 9.02. The molecular weight excluding hydrogens is 230 g/mol. The number of nitrogen functional groups attached to an aromatic ring is 1. The van der Waals surface area contributed by atoms with Crippen LogP contribution >= 0.6 is 0 Å². The maximum Gasteiger partial charge on any atom is 0.243 e. The van der Waals surface area contributed by atoms with Crippen LogP contribution in [0.2, 0.25) is 0 Å². The lowest BCUT2D eigenvalue weighted by Crippen LogP contribution is -2.41. The number of hydrogen-bond donors (Lipinski definition) is 2. The number of nitrogens with two attached hydrogens (primary N) is 2. The van der Waals surface area contributed by atoms with Crippen LogP contribution in [0.25, 0.3) is 11.0 Å². The number of carbonyl (C=O) groups excluding carboxylic acids is 1. The van der Waals surface area contributed by atoms with E-state index in [2.05, 4.69) is 4.98 Å². The van der Waals surface area contributed by atoms with E-state index in [1.54, 1.807) is 36.6 Å². The third-order valence-electron chi connectivity index (χ3n) is 2.99. The SMILES string of the molecule is CC(C)(C(N)=O)n1c(N)nc2c(C#N)cccc21. The second kappa shape index (κ2) is 3.74. The summed E-state index contributed by atoms with van der Waals surface area (Å²) < 4.78 is 1.55. The predicted octanol–water partition coefficient (Wildman–Crippen LogP) is 0.711. The van der Waals surface area contributed by atoms with Crippen molar-refractivity contribution in [1.82, 2.24) is 9.55 Å². The zero-order valence-corrected chi connectivity index (χ0v) is 10.1. The van der Waals surface area contributed by atoms with Crippen LogP contribution in [0.3, 0.4) is 0 Å². The quantitative estimate of drug-likeness (QED) is 0.809. The van der Waals surface area contributed by atoms with Crippen LogP contribution < -0.4 is 11.5 Å². The van der Waals surface area contributed by atoms with Gasteiger partial charge in [-0.25, -0.2) is 4.98 Å². The van der Waals surface area contributed by atoms with Gasteiger partial charge in [0.15, 0.2) is 0 Å². The molecule has 6 nitrogen and oxygen atoms in total. The molecule has 92 valence electrons. The number of fused-ring (bicyclic) bond motifs is 1. The number of nitriles is 1. The molecule has 1 aromatic carbocycles. The zero-order chi connectivity index (χ0) is 13.5. The Morgan fingerprint density at radius 2 is 2.17 bits per heavy atom. The van der Waals surface area contributed by atoms with Gasteiger partial charge in [-0.3, -0.25) is 9.36 Å². The van der Waals surface area contributed by atoms with Crippen LogP contribution in [-0.4, -0.2) is 15.5 Å². The number of nitrogens with zero attached hydrogens (tertiary/aromatic N) is 3. The molecule has 0 aliphatic heterocycles. The molecule has 0 radical (unpaired) electrons. The molecule has 0 spiro atoms. The zero-order valence-electron chi connectivity index (χ0n) is 10.1. The highest BCUT2D eigenvalue weighted by Crippen LogP contribution is 2.28. The Morgan fingerprint density at radius 3 is 2.72 bits per heavy atom. The van der Waals surface area contributed by atoms with Crippen molar-refractivity contribution in [2.24, 2.45) is 5.73 Å². The summed E-state index contributed by atoms with van der Waals surface area (Å²) in [5.41, 5.74) is 11.7. The van der Waals surface area contributed by atoms with Crippen LogP contribution in [0.1, 0.15) is 19.4 Å². The molecule has 0 fully saturated rings. The lowest BCUT2D eigenvalue weighted by Gasteiger charge is -2.24. The number of rotatable bonds is 2. The highest BCUT2D eigenvalue weighted by Gasteiger charge is 2.31. The summed E-state index contributed by atoms with van der Waals surface area (Å²) in [7, 11) is 0. The molecule has 6 heteroatoms. The van der Waals surface area contributed by atoms with Crippen molar-refractivity contribution in [2.45, 2.75) is 19.4 Å². The summed E-state index contributed by atoms with van der Waals surface area (Å²) in [5.74, 6) is -0.354. The number of amides is 1. The van der Waals surface area contributed by atoms with E-state index in [0.717, 1.165) is 0 Å². The number of aromatic nitrogens is 2. The van der Waals surface area contributed by atoms with E-state index in [1.807, 2.05) is 6.07 Å². The second-order valence-corrected chi connectivity index (χ2v) is 4.51. The van der Waals surface area contributed by atoms with E-state index in [1.165, 1.54) is 0 Å². The molecule has 0 bridgehead atoms. The smallest absolute Gasteiger partial charge is 0.243 e. The molecule has 0 aliphatic carbocycles. The lowest BCUT2D eigenvalue weighted by atomic mass is 10.0. The average molecular weight is 243 g/mol. The van der Waals surface area contributed by atoms with Crippen molar-refractivity contribution in [2.75, 3.05) is 5.73 Å². The Morgan fingerprint density at radius 1 is 1.50 bits per heavy atom. The van der Waals surface area contributed by atoms with Gasteiger partial charge in [0.1, 0.15) is 17.1 Å². The van der Waals surface area contributed by atoms with E-state index >= 15 is 0 Å². The van der Waals surface area contributed by atoms with Gasteiger partial charge in [-0.05, 0) is 26.0 Å². The van der Waals surface area contributed by atoms with Crippen LogP contribution in [-0.2, 0) is 10.3 Å². The van der Waals surface area contributed by atoms with E-state index in [9.17, 15) is 4.79 Å². The van der Waals surface area contributed by atoms with Gasteiger partial charge in [0.2, 0.25) is 11.9 Å². The van der Waals surface area contributed by atoms with Crippen molar-refractivity contribution in [3.63, 3.8) is 0 Å². The summed E-state index contributed by atoms with van der Waals surface area (Å²) in [6, 6.07) is 7.16. The van der Waals surface area contributed by atoms with Gasteiger partial charge in [0.25, 0.3) is 0 Å². The molecule has 4 N–H and O–H groups in total. The minimum atomic E-state index is -1.01. The number of primary amides is 1. The number of carbonyl (C=O) groups is 1. The normalized spacial score (nSPS) is 11.4. The third kappa shape index (κ3) is 1.49. The first-order valence-electron chi connectivity index (χ1n) is 5.37. The van der Waals surface area contributed by atoms with Crippen molar-refractivity contribution in [3.05, 3.63) is 23.8 Å². The number of anilines is 1. The number of imidazole rings is 1. The van der Waals surface area contributed by atoms with Crippen LogP contribution in [0.15, 0.2) is 18.2 Å². The molecule has 0 atom stereocenters. The van der Waals surface area contributed by atoms with E-state index in [4.69, 9.17) is 16.7 Å². The van der Waals surface area contributed by atoms with Crippen LogP contribution in [0, 0.1) is 11.3 Å². The summed E-state index contributed by atoms with van der Waals surface area (Å²) >= 11 is 0. The fraction of sp³-hybridized carbons (Fsp3) is 0.250. The van der Waals surface area contributed by atoms with Gasteiger partial charge >= 0.3 is 0 Å². The van der Waals surface area contributed by atoms with Crippen LogP contribution in [0.5, 0.6) is 0 Å². The Hall–Kier alpha value is -2.55. The third-order valence-corrected chi connectivity index (χ3v) is 2.99. The van der Waals surface area contributed by atoms with Gasteiger partial charge in [-0.2, -0.15) is 5.26 Å². The second-order valence-electron chi connectivity index (χ2n) is 4.51. The number of hydrogen-bond acceptors (Lipinski definition) is 4. The Kier molecular flexibility index (Phi) is 2.47. The van der Waals surface area contributed by atoms with Crippen molar-refractivity contribution < 1.29 is 4.79 Å². The van der Waals surface area contributed by atoms with Gasteiger partial charge in [-0.1, -0.05) is 6.07 Å². The van der Waals surface area contributed by atoms with Gasteiger partial charge < -0.3 is 11.5 Å². The minimum absolute atomic E-state index is 0.163. The number of para-hydroxylation sites is 1. The lowest BCUT2D eigenvalue weighted by molar-refractivity contribution is -0.124. The summed E-state index contributed by atoms with van der Waals surface area (Å²) in [6.07, 6.45) is 0. The molecule has 18 heavy (non-hydrogen) atoms. The maximum atomic E-state index is 11.5. The molecule has 2 rings (SSSR count). The molecule has 1 amide bonds. The van der Waals surface area contributed by atoms with E-state index in [0.29, 0.717) is 16.6 Å². The monoisotopic (exact) mass is 243 g/mol. The highest BCUT2D eigenvalue weighted by molar-refractivity contribution is 5.89. The molecule has 1 heterocycles.